The predicted octanol–water partition coefficient (Wildman–Crippen LogP) is 3.72. The lowest BCUT2D eigenvalue weighted by Crippen LogP contribution is -2.20. The van der Waals surface area contributed by atoms with E-state index in [-0.39, 0.29) is 12.5 Å². The molecular weight excluding hydrogens is 278 g/mol. The maximum Gasteiger partial charge on any atom is 0.262 e. The standard InChI is InChI=1S/C18H21NO3/c1-4-21-16-7-5-6-8-17(16)22-12-18(20)19-15-10-9-13(2)14(3)11-15/h5-11H,4,12H2,1-3H3,(H,19,20). The Morgan fingerprint density at radius 1 is 1.00 bits per heavy atom. The number of benzene rings is 2. The average molecular weight is 299 g/mol. The minimum atomic E-state index is -0.199. The van der Waals surface area contributed by atoms with Crippen LogP contribution in [0.4, 0.5) is 5.69 Å². The van der Waals surface area contributed by atoms with Gasteiger partial charge in [-0.3, -0.25) is 4.79 Å². The van der Waals surface area contributed by atoms with Crippen molar-refractivity contribution in [2.24, 2.45) is 0 Å². The number of carbonyl (C=O) groups is 1. The van der Waals surface area contributed by atoms with Gasteiger partial charge in [-0.1, -0.05) is 18.2 Å². The zero-order chi connectivity index (χ0) is 15.9. The maximum absolute atomic E-state index is 12.0. The maximum atomic E-state index is 12.0. The fourth-order valence-electron chi connectivity index (χ4n) is 2.00. The van der Waals surface area contributed by atoms with Gasteiger partial charge >= 0.3 is 0 Å². The van der Waals surface area contributed by atoms with Crippen molar-refractivity contribution in [3.8, 4) is 11.5 Å². The number of ether oxygens (including phenoxy) is 2. The van der Waals surface area contributed by atoms with Gasteiger partial charge in [0, 0.05) is 5.69 Å². The summed E-state index contributed by atoms with van der Waals surface area (Å²) in [5.74, 6) is 1.01. The molecule has 0 saturated carbocycles. The van der Waals surface area contributed by atoms with Gasteiger partial charge in [0.25, 0.3) is 5.91 Å². The molecule has 4 nitrogen and oxygen atoms in total. The molecule has 0 fully saturated rings. The van der Waals surface area contributed by atoms with Crippen molar-refractivity contribution < 1.29 is 14.3 Å². The summed E-state index contributed by atoms with van der Waals surface area (Å²) in [6.45, 7) is 6.45. The van der Waals surface area contributed by atoms with E-state index in [9.17, 15) is 4.79 Å². The zero-order valence-electron chi connectivity index (χ0n) is 13.2. The number of hydrogen-bond acceptors (Lipinski definition) is 3. The summed E-state index contributed by atoms with van der Waals surface area (Å²) < 4.78 is 11.0. The largest absolute Gasteiger partial charge is 0.490 e. The lowest BCUT2D eigenvalue weighted by molar-refractivity contribution is -0.118. The van der Waals surface area contributed by atoms with Gasteiger partial charge in [0.2, 0.25) is 0 Å². The molecule has 116 valence electrons. The molecule has 2 rings (SSSR count). The number of rotatable bonds is 6. The Bertz CT molecular complexity index is 653. The highest BCUT2D eigenvalue weighted by molar-refractivity contribution is 5.92. The third-order valence-corrected chi connectivity index (χ3v) is 3.30. The normalized spacial score (nSPS) is 10.1. The number of anilines is 1. The van der Waals surface area contributed by atoms with Crippen molar-refractivity contribution in [3.63, 3.8) is 0 Å². The second-order valence-corrected chi connectivity index (χ2v) is 5.02. The molecule has 0 aromatic heterocycles. The summed E-state index contributed by atoms with van der Waals surface area (Å²) in [5, 5.41) is 2.83. The highest BCUT2D eigenvalue weighted by Crippen LogP contribution is 2.26. The topological polar surface area (TPSA) is 47.6 Å². The van der Waals surface area contributed by atoms with Gasteiger partial charge in [0.1, 0.15) is 0 Å². The summed E-state index contributed by atoms with van der Waals surface area (Å²) >= 11 is 0. The summed E-state index contributed by atoms with van der Waals surface area (Å²) in [6, 6.07) is 13.1. The molecule has 0 bridgehead atoms. The molecule has 1 N–H and O–H groups in total. The van der Waals surface area contributed by atoms with Crippen molar-refractivity contribution in [1.82, 2.24) is 0 Å². The van der Waals surface area contributed by atoms with Crippen LogP contribution in [-0.4, -0.2) is 19.1 Å². The van der Waals surface area contributed by atoms with Gasteiger partial charge in [0.05, 0.1) is 6.61 Å². The molecule has 0 aliphatic carbocycles. The average Bonchev–Trinajstić information content (AvgIpc) is 2.50. The number of para-hydroxylation sites is 2. The van der Waals surface area contributed by atoms with E-state index in [1.807, 2.05) is 57.2 Å². The monoisotopic (exact) mass is 299 g/mol. The minimum absolute atomic E-state index is 0.0585. The summed E-state index contributed by atoms with van der Waals surface area (Å²) in [7, 11) is 0. The molecule has 0 unspecified atom stereocenters. The van der Waals surface area contributed by atoms with Crippen LogP contribution >= 0.6 is 0 Å². The van der Waals surface area contributed by atoms with Crippen LogP contribution in [0.2, 0.25) is 0 Å². The molecule has 0 saturated heterocycles. The van der Waals surface area contributed by atoms with Crippen LogP contribution in [0.5, 0.6) is 11.5 Å². The first-order valence-electron chi connectivity index (χ1n) is 7.32. The van der Waals surface area contributed by atoms with Crippen molar-refractivity contribution in [2.45, 2.75) is 20.8 Å². The summed E-state index contributed by atoms with van der Waals surface area (Å²) in [5.41, 5.74) is 3.11. The van der Waals surface area contributed by atoms with Gasteiger partial charge in [-0.2, -0.15) is 0 Å². The van der Waals surface area contributed by atoms with Crippen LogP contribution < -0.4 is 14.8 Å². The molecule has 0 heterocycles. The van der Waals surface area contributed by atoms with E-state index in [0.717, 1.165) is 11.3 Å². The van der Waals surface area contributed by atoms with E-state index >= 15 is 0 Å². The Kier molecular flexibility index (Phi) is 5.42. The smallest absolute Gasteiger partial charge is 0.262 e. The quantitative estimate of drug-likeness (QED) is 0.884. The Balaban J connectivity index is 1.94. The van der Waals surface area contributed by atoms with E-state index in [1.54, 1.807) is 6.07 Å². The van der Waals surface area contributed by atoms with Gasteiger partial charge in [-0.25, -0.2) is 0 Å². The third kappa shape index (κ3) is 4.25. The first-order chi connectivity index (χ1) is 10.6. The fraction of sp³-hybridized carbons (Fsp3) is 0.278. The SMILES string of the molecule is CCOc1ccccc1OCC(=O)Nc1ccc(C)c(C)c1. The van der Waals surface area contributed by atoms with E-state index in [1.165, 1.54) is 5.56 Å². The number of aryl methyl sites for hydroxylation is 2. The van der Waals surface area contributed by atoms with Gasteiger partial charge in [-0.15, -0.1) is 0 Å². The Morgan fingerprint density at radius 2 is 1.68 bits per heavy atom. The second-order valence-electron chi connectivity index (χ2n) is 5.02. The van der Waals surface area contributed by atoms with Crippen LogP contribution in [0.3, 0.4) is 0 Å². The van der Waals surface area contributed by atoms with Crippen LogP contribution in [-0.2, 0) is 4.79 Å². The van der Waals surface area contributed by atoms with E-state index in [4.69, 9.17) is 9.47 Å². The van der Waals surface area contributed by atoms with E-state index in [0.29, 0.717) is 18.1 Å². The number of nitrogens with one attached hydrogen (secondary N) is 1. The summed E-state index contributed by atoms with van der Waals surface area (Å²) in [4.78, 5) is 12.0. The number of carbonyl (C=O) groups excluding carboxylic acids is 1. The van der Waals surface area contributed by atoms with Crippen molar-refractivity contribution in [2.75, 3.05) is 18.5 Å². The van der Waals surface area contributed by atoms with Crippen molar-refractivity contribution in [1.29, 1.82) is 0 Å². The second kappa shape index (κ2) is 7.50. The van der Waals surface area contributed by atoms with Crippen molar-refractivity contribution >= 4 is 11.6 Å². The van der Waals surface area contributed by atoms with Crippen LogP contribution in [0.25, 0.3) is 0 Å². The first-order valence-corrected chi connectivity index (χ1v) is 7.32. The summed E-state index contributed by atoms with van der Waals surface area (Å²) in [6.07, 6.45) is 0. The van der Waals surface area contributed by atoms with Gasteiger partial charge in [0.15, 0.2) is 18.1 Å². The molecule has 2 aromatic carbocycles. The lowest BCUT2D eigenvalue weighted by Gasteiger charge is -2.12. The number of amides is 1. The van der Waals surface area contributed by atoms with Crippen molar-refractivity contribution in [3.05, 3.63) is 53.6 Å². The molecule has 0 aliphatic heterocycles. The zero-order valence-corrected chi connectivity index (χ0v) is 13.2. The highest BCUT2D eigenvalue weighted by atomic mass is 16.5. The molecule has 1 amide bonds. The Morgan fingerprint density at radius 3 is 2.32 bits per heavy atom. The molecule has 0 radical (unpaired) electrons. The molecule has 22 heavy (non-hydrogen) atoms. The van der Waals surface area contributed by atoms with Crippen LogP contribution in [0, 0.1) is 13.8 Å². The Labute approximate surface area is 131 Å². The molecule has 0 aliphatic rings. The third-order valence-electron chi connectivity index (χ3n) is 3.30. The molecule has 0 spiro atoms. The predicted molar refractivity (Wildman–Crippen MR) is 87.7 cm³/mol. The Hall–Kier alpha value is -2.49. The molecule has 2 aromatic rings. The number of hydrogen-bond donors (Lipinski definition) is 1. The molecule has 0 atom stereocenters. The molecular formula is C18H21NO3. The molecule has 4 heteroatoms. The van der Waals surface area contributed by atoms with Gasteiger partial charge < -0.3 is 14.8 Å². The fourth-order valence-corrected chi connectivity index (χ4v) is 2.00. The minimum Gasteiger partial charge on any atom is -0.490 e. The van der Waals surface area contributed by atoms with E-state index < -0.39 is 0 Å². The van der Waals surface area contributed by atoms with E-state index in [2.05, 4.69) is 5.32 Å². The van der Waals surface area contributed by atoms with Crippen LogP contribution in [0.15, 0.2) is 42.5 Å². The lowest BCUT2D eigenvalue weighted by atomic mass is 10.1. The van der Waals surface area contributed by atoms with Crippen LogP contribution in [0.1, 0.15) is 18.1 Å². The highest BCUT2D eigenvalue weighted by Gasteiger charge is 2.08. The van der Waals surface area contributed by atoms with Gasteiger partial charge in [-0.05, 0) is 56.2 Å². The first kappa shape index (κ1) is 15.9.